The van der Waals surface area contributed by atoms with E-state index in [-0.39, 0.29) is 0 Å². The highest BCUT2D eigenvalue weighted by Gasteiger charge is 2.27. The van der Waals surface area contributed by atoms with Crippen molar-refractivity contribution < 1.29 is 8.83 Å². The van der Waals surface area contributed by atoms with Gasteiger partial charge in [0.15, 0.2) is 17.5 Å². The average Bonchev–Trinajstić information content (AvgIpc) is 4.15. The maximum Gasteiger partial charge on any atom is 0.170 e. The highest BCUT2D eigenvalue weighted by Crippen LogP contribution is 2.45. The first-order valence-corrected chi connectivity index (χ1v) is 22.9. The third-order valence-corrected chi connectivity index (χ3v) is 13.8. The Hall–Kier alpha value is -9.33. The predicted octanol–water partition coefficient (Wildman–Crippen LogP) is 16.0. The van der Waals surface area contributed by atoms with Gasteiger partial charge in [-0.25, -0.2) is 15.0 Å². The molecule has 5 heterocycles. The molecule has 0 atom stereocenters. The van der Waals surface area contributed by atoms with Crippen molar-refractivity contribution in [3.63, 3.8) is 0 Å². The molecule has 15 aromatic rings. The van der Waals surface area contributed by atoms with Gasteiger partial charge in [-0.15, -0.1) is 0 Å². The number of nitrogens with zero attached hydrogens (tertiary/aromatic N) is 5. The Bertz CT molecular complexity index is 4570. The number of hydrogen-bond donors (Lipinski definition) is 0. The van der Waals surface area contributed by atoms with E-state index in [1.165, 1.54) is 5.39 Å². The first-order valence-electron chi connectivity index (χ1n) is 22.9. The zero-order valence-corrected chi connectivity index (χ0v) is 36.3. The van der Waals surface area contributed by atoms with E-state index in [4.69, 9.17) is 23.8 Å². The summed E-state index contributed by atoms with van der Waals surface area (Å²) in [4.78, 5) is 16.7. The second kappa shape index (κ2) is 14.1. The van der Waals surface area contributed by atoms with E-state index < -0.39 is 0 Å². The van der Waals surface area contributed by atoms with Crippen LogP contribution >= 0.6 is 0 Å². The van der Waals surface area contributed by atoms with E-state index in [0.29, 0.717) is 28.6 Å². The zero-order valence-electron chi connectivity index (χ0n) is 36.3. The van der Waals surface area contributed by atoms with Gasteiger partial charge in [0, 0.05) is 54.3 Å². The fourth-order valence-corrected chi connectivity index (χ4v) is 10.8. The minimum absolute atomic E-state index is 0.476. The van der Waals surface area contributed by atoms with Gasteiger partial charge in [0.1, 0.15) is 22.3 Å². The minimum atomic E-state index is 0.476. The standard InChI is InChI=1S/C61H35N5O2/c1-2-18-38(19-3-1)65-49-28-10-6-20-39(49)43-24-14-26-46(56(43)65)59-62-60(47-27-15-25-44-41-22-8-12-30-53(41)67-57(44)47)64-61(63-59)55-51(33-32-45-42-23-9-13-31-54(42)68-58(45)55)66-50-29-11-7-21-40(50)48-34-36-16-4-5-17-37(36)35-52(48)66/h1-35H. The third kappa shape index (κ3) is 5.26. The molecule has 316 valence electrons. The van der Waals surface area contributed by atoms with Crippen LogP contribution in [-0.2, 0) is 0 Å². The van der Waals surface area contributed by atoms with Crippen molar-refractivity contribution >= 4 is 98.3 Å². The molecule has 0 N–H and O–H groups in total. The Balaban J connectivity index is 1.11. The Labute approximate surface area is 387 Å². The molecule has 0 fully saturated rings. The van der Waals surface area contributed by atoms with Crippen LogP contribution in [0.2, 0.25) is 0 Å². The maximum absolute atomic E-state index is 7.02. The summed E-state index contributed by atoms with van der Waals surface area (Å²) in [5, 5.41) is 10.9. The average molecular weight is 870 g/mol. The summed E-state index contributed by atoms with van der Waals surface area (Å²) in [5.41, 5.74) is 11.5. The van der Waals surface area contributed by atoms with Gasteiger partial charge in [-0.05, 0) is 83.6 Å². The number of benzene rings is 10. The van der Waals surface area contributed by atoms with Crippen LogP contribution in [0.4, 0.5) is 0 Å². The lowest BCUT2D eigenvalue weighted by molar-refractivity contribution is 0.669. The third-order valence-electron chi connectivity index (χ3n) is 13.8. The van der Waals surface area contributed by atoms with Crippen LogP contribution in [-0.4, -0.2) is 24.1 Å². The molecule has 0 aliphatic rings. The molecule has 0 spiro atoms. The second-order valence-corrected chi connectivity index (χ2v) is 17.5. The highest BCUT2D eigenvalue weighted by atomic mass is 16.3. The summed E-state index contributed by atoms with van der Waals surface area (Å²) in [6.45, 7) is 0. The van der Waals surface area contributed by atoms with Gasteiger partial charge < -0.3 is 18.0 Å². The molecule has 0 bridgehead atoms. The molecule has 7 heteroatoms. The minimum Gasteiger partial charge on any atom is -0.455 e. The summed E-state index contributed by atoms with van der Waals surface area (Å²) in [6, 6.07) is 74.3. The fourth-order valence-electron chi connectivity index (χ4n) is 10.8. The van der Waals surface area contributed by atoms with Crippen molar-refractivity contribution in [1.29, 1.82) is 0 Å². The molecular formula is C61H35N5O2. The molecule has 0 aliphatic carbocycles. The van der Waals surface area contributed by atoms with Crippen molar-refractivity contribution in [2.24, 2.45) is 0 Å². The van der Waals surface area contributed by atoms with Crippen LogP contribution < -0.4 is 0 Å². The van der Waals surface area contributed by atoms with Crippen LogP contribution in [0.25, 0.3) is 144 Å². The molecular weight excluding hydrogens is 835 g/mol. The van der Waals surface area contributed by atoms with E-state index in [2.05, 4.69) is 191 Å². The van der Waals surface area contributed by atoms with Crippen molar-refractivity contribution in [2.45, 2.75) is 0 Å². The fraction of sp³-hybridized carbons (Fsp3) is 0. The van der Waals surface area contributed by atoms with Gasteiger partial charge >= 0.3 is 0 Å². The van der Waals surface area contributed by atoms with E-state index in [1.807, 2.05) is 30.3 Å². The number of hydrogen-bond acceptors (Lipinski definition) is 5. The quantitative estimate of drug-likeness (QED) is 0.172. The van der Waals surface area contributed by atoms with Crippen molar-refractivity contribution in [3.05, 3.63) is 212 Å². The molecule has 0 saturated heterocycles. The molecule has 0 aliphatic heterocycles. The van der Waals surface area contributed by atoms with Gasteiger partial charge in [0.2, 0.25) is 0 Å². The molecule has 0 amide bonds. The van der Waals surface area contributed by atoms with Gasteiger partial charge in [-0.1, -0.05) is 140 Å². The van der Waals surface area contributed by atoms with Crippen LogP contribution in [0.3, 0.4) is 0 Å². The lowest BCUT2D eigenvalue weighted by atomic mass is 10.0. The molecule has 0 radical (unpaired) electrons. The Morgan fingerprint density at radius 3 is 1.60 bits per heavy atom. The van der Waals surface area contributed by atoms with Crippen LogP contribution in [0.5, 0.6) is 0 Å². The van der Waals surface area contributed by atoms with E-state index in [0.717, 1.165) is 110 Å². The largest absolute Gasteiger partial charge is 0.455 e. The Morgan fingerprint density at radius 2 is 0.853 bits per heavy atom. The lowest BCUT2D eigenvalue weighted by Gasteiger charge is -2.16. The summed E-state index contributed by atoms with van der Waals surface area (Å²) in [7, 11) is 0. The van der Waals surface area contributed by atoms with Gasteiger partial charge in [0.25, 0.3) is 0 Å². The SMILES string of the molecule is c1ccc(-n2c3ccccc3c3cccc(-c4nc(-c5cccc6c5oc5ccccc56)nc(-c5c(-n6c7ccccc7c7cc8ccccc8cc76)ccc6c5oc5ccccc56)n4)c32)cc1. The normalized spacial score (nSPS) is 12.1. The summed E-state index contributed by atoms with van der Waals surface area (Å²) < 4.78 is 18.4. The van der Waals surface area contributed by atoms with E-state index in [1.54, 1.807) is 0 Å². The number of rotatable bonds is 5. The van der Waals surface area contributed by atoms with Crippen LogP contribution in [0, 0.1) is 0 Å². The first kappa shape index (κ1) is 36.9. The summed E-state index contributed by atoms with van der Waals surface area (Å²) >= 11 is 0. The lowest BCUT2D eigenvalue weighted by Crippen LogP contribution is -2.05. The molecule has 68 heavy (non-hydrogen) atoms. The molecule has 10 aromatic carbocycles. The van der Waals surface area contributed by atoms with Crippen LogP contribution in [0.15, 0.2) is 221 Å². The number of fused-ring (bicyclic) bond motifs is 13. The predicted molar refractivity (Wildman–Crippen MR) is 277 cm³/mol. The molecule has 5 aromatic heterocycles. The van der Waals surface area contributed by atoms with E-state index in [9.17, 15) is 0 Å². The number of furan rings is 2. The second-order valence-electron chi connectivity index (χ2n) is 17.5. The van der Waals surface area contributed by atoms with Crippen molar-refractivity contribution in [3.8, 4) is 45.5 Å². The number of para-hydroxylation sites is 7. The maximum atomic E-state index is 7.02. The van der Waals surface area contributed by atoms with E-state index >= 15 is 0 Å². The topological polar surface area (TPSA) is 74.8 Å². The van der Waals surface area contributed by atoms with Crippen molar-refractivity contribution in [1.82, 2.24) is 24.1 Å². The molecule has 7 nitrogen and oxygen atoms in total. The first-order chi connectivity index (χ1) is 33.7. The summed E-state index contributed by atoms with van der Waals surface area (Å²) in [6.07, 6.45) is 0. The van der Waals surface area contributed by atoms with Gasteiger partial charge in [0.05, 0.1) is 38.9 Å². The molecule has 0 unspecified atom stereocenters. The van der Waals surface area contributed by atoms with Crippen molar-refractivity contribution in [2.75, 3.05) is 0 Å². The zero-order chi connectivity index (χ0) is 44.5. The monoisotopic (exact) mass is 869 g/mol. The molecule has 0 saturated carbocycles. The van der Waals surface area contributed by atoms with Gasteiger partial charge in [-0.3, -0.25) is 0 Å². The van der Waals surface area contributed by atoms with Gasteiger partial charge in [-0.2, -0.15) is 0 Å². The molecule has 15 rings (SSSR count). The van der Waals surface area contributed by atoms with Crippen LogP contribution in [0.1, 0.15) is 0 Å². The smallest absolute Gasteiger partial charge is 0.170 e. The summed E-state index contributed by atoms with van der Waals surface area (Å²) in [5.74, 6) is 1.49. The number of aromatic nitrogens is 5. The highest BCUT2D eigenvalue weighted by molar-refractivity contribution is 6.17. The Morgan fingerprint density at radius 1 is 0.324 bits per heavy atom. The Kier molecular flexibility index (Phi) is 7.65.